The van der Waals surface area contributed by atoms with Crippen LogP contribution in [0.25, 0.3) is 0 Å². The molecule has 0 aliphatic carbocycles. The first-order chi connectivity index (χ1) is 12.0. The fourth-order valence-electron chi connectivity index (χ4n) is 3.13. The fraction of sp³-hybridized carbons (Fsp3) is 0.389. The highest BCUT2D eigenvalue weighted by atomic mass is 32.1. The largest absolute Gasteiger partial charge is 0.465 e. The van der Waals surface area contributed by atoms with Gasteiger partial charge in [-0.2, -0.15) is 0 Å². The zero-order valence-electron chi connectivity index (χ0n) is 14.1. The number of aryl methyl sites for hydroxylation is 1. The summed E-state index contributed by atoms with van der Waals surface area (Å²) in [5.41, 5.74) is 1.65. The van der Waals surface area contributed by atoms with E-state index in [2.05, 4.69) is 10.2 Å². The highest BCUT2D eigenvalue weighted by Crippen LogP contribution is 2.29. The molecule has 1 fully saturated rings. The maximum absolute atomic E-state index is 13.6. The third-order valence-electron chi connectivity index (χ3n) is 4.40. The van der Waals surface area contributed by atoms with E-state index in [1.165, 1.54) is 30.6 Å². The van der Waals surface area contributed by atoms with Crippen LogP contribution in [0.3, 0.4) is 0 Å². The quantitative estimate of drug-likeness (QED) is 0.844. The highest BCUT2D eigenvalue weighted by molar-refractivity contribution is 7.14. The van der Waals surface area contributed by atoms with E-state index in [9.17, 15) is 13.6 Å². The van der Waals surface area contributed by atoms with E-state index in [0.29, 0.717) is 23.5 Å². The maximum atomic E-state index is 13.6. The lowest BCUT2D eigenvalue weighted by molar-refractivity contribution is 0.0606. The molecule has 1 aliphatic heterocycles. The van der Waals surface area contributed by atoms with Gasteiger partial charge in [-0.25, -0.2) is 13.6 Å². The Morgan fingerprint density at radius 1 is 1.32 bits per heavy atom. The van der Waals surface area contributed by atoms with Crippen molar-refractivity contribution in [3.63, 3.8) is 0 Å². The number of thiophene rings is 1. The first kappa shape index (κ1) is 18.0. The summed E-state index contributed by atoms with van der Waals surface area (Å²) in [4.78, 5) is 15.5. The molecular formula is C18H20F2N2O2S. The molecule has 1 unspecified atom stereocenters. The number of halogens is 2. The van der Waals surface area contributed by atoms with Gasteiger partial charge in [0.15, 0.2) is 0 Å². The molecule has 0 amide bonds. The number of methoxy groups -OCH3 is 1. The smallest absolute Gasteiger partial charge is 0.348 e. The normalized spacial score (nSPS) is 18.3. The van der Waals surface area contributed by atoms with Crippen LogP contribution in [-0.4, -0.2) is 37.6 Å². The molecule has 0 radical (unpaired) electrons. The molecule has 0 spiro atoms. The Bertz CT molecular complexity index is 758. The van der Waals surface area contributed by atoms with Crippen LogP contribution >= 0.6 is 11.3 Å². The molecule has 134 valence electrons. The minimum atomic E-state index is -0.569. The molecule has 2 heterocycles. The summed E-state index contributed by atoms with van der Waals surface area (Å²) < 4.78 is 32.0. The standard InChI is InChI=1S/C18H20F2N2O2S/c1-11-13(7-17(25-11)18(23)24-2)10-22-4-3-21-9-16(22)12-5-14(19)8-15(20)6-12/h5-8,16,21H,3-4,9-10H2,1-2H3. The van der Waals surface area contributed by atoms with E-state index >= 15 is 0 Å². The molecule has 2 aromatic rings. The molecule has 1 aliphatic rings. The van der Waals surface area contributed by atoms with Gasteiger partial charge < -0.3 is 10.1 Å². The van der Waals surface area contributed by atoms with Crippen molar-refractivity contribution in [3.8, 4) is 0 Å². The Hall–Kier alpha value is -1.83. The SMILES string of the molecule is COC(=O)c1cc(CN2CCNCC2c2cc(F)cc(F)c2)c(C)s1. The topological polar surface area (TPSA) is 41.6 Å². The second kappa shape index (κ2) is 7.59. The fourth-order valence-corrected chi connectivity index (χ4v) is 4.08. The minimum absolute atomic E-state index is 0.125. The van der Waals surface area contributed by atoms with E-state index in [1.54, 1.807) is 0 Å². The number of ether oxygens (including phenoxy) is 1. The Kier molecular flexibility index (Phi) is 5.46. The first-order valence-corrected chi connectivity index (χ1v) is 8.88. The van der Waals surface area contributed by atoms with Crippen molar-refractivity contribution >= 4 is 17.3 Å². The Morgan fingerprint density at radius 3 is 2.72 bits per heavy atom. The van der Waals surface area contributed by atoms with Crippen LogP contribution in [-0.2, 0) is 11.3 Å². The van der Waals surface area contributed by atoms with Gasteiger partial charge in [-0.3, -0.25) is 4.90 Å². The molecular weight excluding hydrogens is 346 g/mol. The van der Waals surface area contributed by atoms with Gasteiger partial charge in [0.1, 0.15) is 16.5 Å². The molecule has 1 aromatic heterocycles. The number of piperazine rings is 1. The molecule has 1 aromatic carbocycles. The third-order valence-corrected chi connectivity index (χ3v) is 5.48. The summed E-state index contributed by atoms with van der Waals surface area (Å²) >= 11 is 1.40. The van der Waals surface area contributed by atoms with Gasteiger partial charge in [-0.05, 0) is 36.2 Å². The lowest BCUT2D eigenvalue weighted by Gasteiger charge is -2.36. The van der Waals surface area contributed by atoms with Gasteiger partial charge in [0.25, 0.3) is 0 Å². The van der Waals surface area contributed by atoms with Crippen LogP contribution in [0, 0.1) is 18.6 Å². The van der Waals surface area contributed by atoms with Crippen molar-refractivity contribution in [1.82, 2.24) is 10.2 Å². The summed E-state index contributed by atoms with van der Waals surface area (Å²) in [5.74, 6) is -1.48. The summed E-state index contributed by atoms with van der Waals surface area (Å²) in [6, 6.07) is 5.37. The summed E-state index contributed by atoms with van der Waals surface area (Å²) in [5, 5.41) is 3.28. The van der Waals surface area contributed by atoms with E-state index < -0.39 is 11.6 Å². The summed E-state index contributed by atoms with van der Waals surface area (Å²) in [6.07, 6.45) is 0. The maximum Gasteiger partial charge on any atom is 0.348 e. The molecule has 1 saturated heterocycles. The summed E-state index contributed by atoms with van der Waals surface area (Å²) in [7, 11) is 1.36. The number of benzene rings is 1. The molecule has 3 rings (SSSR count). The number of esters is 1. The zero-order valence-corrected chi connectivity index (χ0v) is 15.0. The lowest BCUT2D eigenvalue weighted by atomic mass is 10.0. The highest BCUT2D eigenvalue weighted by Gasteiger charge is 2.26. The van der Waals surface area contributed by atoms with Gasteiger partial charge in [0.05, 0.1) is 7.11 Å². The van der Waals surface area contributed by atoms with Crippen LogP contribution in [0.5, 0.6) is 0 Å². The number of nitrogens with zero attached hydrogens (tertiary/aromatic N) is 1. The average Bonchev–Trinajstić information content (AvgIpc) is 2.94. The van der Waals surface area contributed by atoms with Gasteiger partial charge in [0.2, 0.25) is 0 Å². The van der Waals surface area contributed by atoms with Crippen LogP contribution in [0.4, 0.5) is 8.78 Å². The van der Waals surface area contributed by atoms with E-state index in [4.69, 9.17) is 4.74 Å². The zero-order chi connectivity index (χ0) is 18.0. The van der Waals surface area contributed by atoms with Crippen LogP contribution in [0.2, 0.25) is 0 Å². The first-order valence-electron chi connectivity index (χ1n) is 8.06. The van der Waals surface area contributed by atoms with Gasteiger partial charge in [0, 0.05) is 43.2 Å². The van der Waals surface area contributed by atoms with Crippen LogP contribution in [0.1, 0.15) is 31.7 Å². The number of hydrogen-bond acceptors (Lipinski definition) is 5. The van der Waals surface area contributed by atoms with Crippen molar-refractivity contribution in [1.29, 1.82) is 0 Å². The molecule has 7 heteroatoms. The van der Waals surface area contributed by atoms with Crippen molar-refractivity contribution in [2.75, 3.05) is 26.7 Å². The number of carbonyl (C=O) groups excluding carboxylic acids is 1. The Labute approximate surface area is 149 Å². The number of rotatable bonds is 4. The van der Waals surface area contributed by atoms with Crippen molar-refractivity contribution < 1.29 is 18.3 Å². The molecule has 1 N–H and O–H groups in total. The predicted molar refractivity (Wildman–Crippen MR) is 92.8 cm³/mol. The molecule has 25 heavy (non-hydrogen) atoms. The monoisotopic (exact) mass is 366 g/mol. The van der Waals surface area contributed by atoms with Crippen molar-refractivity contribution in [2.45, 2.75) is 19.5 Å². The second-order valence-corrected chi connectivity index (χ2v) is 7.33. The Balaban J connectivity index is 1.84. The van der Waals surface area contributed by atoms with Gasteiger partial charge in [-0.15, -0.1) is 11.3 Å². The van der Waals surface area contributed by atoms with Gasteiger partial charge in [-0.1, -0.05) is 0 Å². The van der Waals surface area contributed by atoms with Crippen molar-refractivity contribution in [3.05, 3.63) is 56.8 Å². The van der Waals surface area contributed by atoms with E-state index in [-0.39, 0.29) is 12.0 Å². The van der Waals surface area contributed by atoms with Crippen LogP contribution < -0.4 is 5.32 Å². The van der Waals surface area contributed by atoms with E-state index in [0.717, 1.165) is 29.6 Å². The molecule has 4 nitrogen and oxygen atoms in total. The average molecular weight is 366 g/mol. The van der Waals surface area contributed by atoms with E-state index in [1.807, 2.05) is 13.0 Å². The minimum Gasteiger partial charge on any atom is -0.465 e. The van der Waals surface area contributed by atoms with Crippen LogP contribution in [0.15, 0.2) is 24.3 Å². The molecule has 0 saturated carbocycles. The number of hydrogen-bond donors (Lipinski definition) is 1. The summed E-state index contributed by atoms with van der Waals surface area (Å²) in [6.45, 7) is 4.76. The van der Waals surface area contributed by atoms with Gasteiger partial charge >= 0.3 is 5.97 Å². The Morgan fingerprint density at radius 2 is 2.04 bits per heavy atom. The van der Waals surface area contributed by atoms with Crippen molar-refractivity contribution in [2.24, 2.45) is 0 Å². The molecule has 1 atom stereocenters. The lowest BCUT2D eigenvalue weighted by Crippen LogP contribution is -2.45. The second-order valence-electron chi connectivity index (χ2n) is 6.08. The number of carbonyl (C=O) groups is 1. The third kappa shape index (κ3) is 4.05. The predicted octanol–water partition coefficient (Wildman–Crippen LogP) is 3.27. The molecule has 0 bridgehead atoms. The number of nitrogens with one attached hydrogen (secondary N) is 1.